The van der Waals surface area contributed by atoms with Crippen LogP contribution in [0, 0.1) is 6.92 Å². The maximum Gasteiger partial charge on any atom is 0.358 e. The van der Waals surface area contributed by atoms with Crippen LogP contribution < -0.4 is 0 Å². The number of halogens is 1. The molecular formula is C17H14ClN3O2S. The van der Waals surface area contributed by atoms with E-state index in [2.05, 4.69) is 15.0 Å². The van der Waals surface area contributed by atoms with E-state index in [0.29, 0.717) is 10.7 Å². The van der Waals surface area contributed by atoms with Gasteiger partial charge in [-0.3, -0.25) is 4.98 Å². The highest BCUT2D eigenvalue weighted by atomic mass is 35.5. The molecule has 3 rings (SSSR count). The first-order chi connectivity index (χ1) is 11.6. The molecule has 122 valence electrons. The molecule has 0 saturated carbocycles. The number of aromatic nitrogens is 3. The molecule has 24 heavy (non-hydrogen) atoms. The summed E-state index contributed by atoms with van der Waals surface area (Å²) in [5.41, 5.74) is 2.36. The summed E-state index contributed by atoms with van der Waals surface area (Å²) in [5.74, 6) is -0.545. The number of thioether (sulfide) groups is 1. The van der Waals surface area contributed by atoms with E-state index in [-0.39, 0.29) is 12.3 Å². The van der Waals surface area contributed by atoms with E-state index >= 15 is 0 Å². The normalized spacial score (nSPS) is 10.8. The number of aryl methyl sites for hydroxylation is 1. The van der Waals surface area contributed by atoms with Crippen molar-refractivity contribution in [2.75, 3.05) is 6.26 Å². The molecule has 0 saturated heterocycles. The molecule has 0 aliphatic heterocycles. The van der Waals surface area contributed by atoms with Crippen LogP contribution in [0.4, 0.5) is 0 Å². The Balaban J connectivity index is 1.78. The molecule has 0 fully saturated rings. The molecule has 0 aliphatic carbocycles. The number of benzene rings is 1. The van der Waals surface area contributed by atoms with Crippen molar-refractivity contribution < 1.29 is 9.53 Å². The highest BCUT2D eigenvalue weighted by Crippen LogP contribution is 2.25. The van der Waals surface area contributed by atoms with Crippen molar-refractivity contribution in [3.8, 4) is 0 Å². The Bertz CT molecular complexity index is 900. The standard InChI is InChI=1S/C17H14ClN3O2S/c1-10-7-20-15(8-19-10)17(22)23-9-12-5-11-3-4-13(24-2)6-14(11)21-16(12)18/h3-8H,9H2,1-2H3. The number of hydrogen-bond acceptors (Lipinski definition) is 6. The first kappa shape index (κ1) is 16.7. The summed E-state index contributed by atoms with van der Waals surface area (Å²) in [6.07, 6.45) is 4.91. The zero-order valence-electron chi connectivity index (χ0n) is 13.1. The van der Waals surface area contributed by atoms with Crippen molar-refractivity contribution in [1.29, 1.82) is 0 Å². The molecule has 0 atom stereocenters. The number of nitrogens with zero attached hydrogens (tertiary/aromatic N) is 3. The lowest BCUT2D eigenvalue weighted by molar-refractivity contribution is 0.0465. The van der Waals surface area contributed by atoms with Crippen LogP contribution in [0.3, 0.4) is 0 Å². The van der Waals surface area contributed by atoms with Gasteiger partial charge in [-0.15, -0.1) is 11.8 Å². The second kappa shape index (κ2) is 7.15. The van der Waals surface area contributed by atoms with E-state index in [1.165, 1.54) is 12.4 Å². The molecule has 0 unspecified atom stereocenters. The van der Waals surface area contributed by atoms with Gasteiger partial charge in [0, 0.05) is 22.0 Å². The van der Waals surface area contributed by atoms with Gasteiger partial charge in [-0.1, -0.05) is 17.7 Å². The number of carbonyl (C=O) groups excluding carboxylic acids is 1. The van der Waals surface area contributed by atoms with Crippen molar-refractivity contribution >= 4 is 40.2 Å². The number of hydrogen-bond donors (Lipinski definition) is 0. The molecule has 1 aromatic carbocycles. The van der Waals surface area contributed by atoms with Gasteiger partial charge in [0.05, 0.1) is 17.4 Å². The number of esters is 1. The fourth-order valence-electron chi connectivity index (χ4n) is 2.11. The number of fused-ring (bicyclic) bond motifs is 1. The predicted molar refractivity (Wildman–Crippen MR) is 94.4 cm³/mol. The number of carbonyl (C=O) groups is 1. The van der Waals surface area contributed by atoms with Gasteiger partial charge in [0.15, 0.2) is 5.69 Å². The summed E-state index contributed by atoms with van der Waals surface area (Å²) >= 11 is 7.85. The van der Waals surface area contributed by atoms with Gasteiger partial charge in [0.25, 0.3) is 0 Å². The molecule has 0 amide bonds. The van der Waals surface area contributed by atoms with Crippen LogP contribution in [0.25, 0.3) is 10.9 Å². The smallest absolute Gasteiger partial charge is 0.358 e. The minimum Gasteiger partial charge on any atom is -0.456 e. The highest BCUT2D eigenvalue weighted by molar-refractivity contribution is 7.98. The van der Waals surface area contributed by atoms with Crippen LogP contribution in [-0.2, 0) is 11.3 Å². The van der Waals surface area contributed by atoms with E-state index < -0.39 is 5.97 Å². The Morgan fingerprint density at radius 3 is 2.79 bits per heavy atom. The van der Waals surface area contributed by atoms with Crippen LogP contribution in [0.15, 0.2) is 41.6 Å². The van der Waals surface area contributed by atoms with Gasteiger partial charge >= 0.3 is 5.97 Å². The zero-order valence-corrected chi connectivity index (χ0v) is 14.7. The molecule has 0 N–H and O–H groups in total. The van der Waals surface area contributed by atoms with E-state index in [1.807, 2.05) is 30.5 Å². The molecule has 0 bridgehead atoms. The molecule has 0 aliphatic rings. The molecule has 0 spiro atoms. The lowest BCUT2D eigenvalue weighted by Crippen LogP contribution is -2.08. The van der Waals surface area contributed by atoms with Crippen LogP contribution in [0.2, 0.25) is 5.15 Å². The summed E-state index contributed by atoms with van der Waals surface area (Å²) in [5, 5.41) is 1.27. The van der Waals surface area contributed by atoms with Crippen molar-refractivity contribution in [3.05, 3.63) is 58.8 Å². The first-order valence-electron chi connectivity index (χ1n) is 7.16. The summed E-state index contributed by atoms with van der Waals surface area (Å²) in [6.45, 7) is 1.82. The summed E-state index contributed by atoms with van der Waals surface area (Å²) in [6, 6.07) is 7.84. The molecule has 3 aromatic rings. The Morgan fingerprint density at radius 2 is 2.08 bits per heavy atom. The van der Waals surface area contributed by atoms with E-state index in [9.17, 15) is 4.79 Å². The van der Waals surface area contributed by atoms with Crippen molar-refractivity contribution in [2.24, 2.45) is 0 Å². The van der Waals surface area contributed by atoms with Gasteiger partial charge in [0.2, 0.25) is 0 Å². The average Bonchev–Trinajstić information content (AvgIpc) is 2.59. The van der Waals surface area contributed by atoms with Crippen molar-refractivity contribution in [2.45, 2.75) is 18.4 Å². The maximum atomic E-state index is 12.0. The minimum atomic E-state index is -0.545. The van der Waals surface area contributed by atoms with E-state index in [4.69, 9.17) is 16.3 Å². The Hall–Kier alpha value is -2.18. The monoisotopic (exact) mass is 359 g/mol. The fraction of sp³-hybridized carbons (Fsp3) is 0.176. The number of rotatable bonds is 4. The quantitative estimate of drug-likeness (QED) is 0.397. The molecule has 2 heterocycles. The van der Waals surface area contributed by atoms with Crippen molar-refractivity contribution in [1.82, 2.24) is 15.0 Å². The summed E-state index contributed by atoms with van der Waals surface area (Å²) in [7, 11) is 0. The average molecular weight is 360 g/mol. The van der Waals surface area contributed by atoms with Gasteiger partial charge in [0.1, 0.15) is 11.8 Å². The second-order valence-electron chi connectivity index (χ2n) is 5.12. The lowest BCUT2D eigenvalue weighted by Gasteiger charge is -2.08. The largest absolute Gasteiger partial charge is 0.456 e. The van der Waals surface area contributed by atoms with Gasteiger partial charge in [-0.2, -0.15) is 0 Å². The van der Waals surface area contributed by atoms with Crippen molar-refractivity contribution in [3.63, 3.8) is 0 Å². The van der Waals surface area contributed by atoms with Gasteiger partial charge in [-0.05, 0) is 31.4 Å². The first-order valence-corrected chi connectivity index (χ1v) is 8.76. The van der Waals surface area contributed by atoms with Crippen LogP contribution in [0.1, 0.15) is 21.7 Å². The van der Waals surface area contributed by atoms with Crippen LogP contribution in [0.5, 0.6) is 0 Å². The highest BCUT2D eigenvalue weighted by Gasteiger charge is 2.12. The lowest BCUT2D eigenvalue weighted by atomic mass is 10.2. The molecule has 5 nitrogen and oxygen atoms in total. The Morgan fingerprint density at radius 1 is 1.25 bits per heavy atom. The molecule has 0 radical (unpaired) electrons. The second-order valence-corrected chi connectivity index (χ2v) is 6.35. The van der Waals surface area contributed by atoms with Crippen LogP contribution >= 0.6 is 23.4 Å². The molecular weight excluding hydrogens is 346 g/mol. The minimum absolute atomic E-state index is 0.0282. The number of pyridine rings is 1. The van der Waals surface area contributed by atoms with Gasteiger partial charge in [-0.25, -0.2) is 14.8 Å². The third-order valence-electron chi connectivity index (χ3n) is 3.40. The third kappa shape index (κ3) is 3.66. The summed E-state index contributed by atoms with van der Waals surface area (Å²) < 4.78 is 5.26. The predicted octanol–water partition coefficient (Wildman–Crippen LogP) is 4.07. The zero-order chi connectivity index (χ0) is 17.1. The van der Waals surface area contributed by atoms with Crippen LogP contribution in [-0.4, -0.2) is 27.2 Å². The SMILES string of the molecule is CSc1ccc2cc(COC(=O)c3cnc(C)cn3)c(Cl)nc2c1. The maximum absolute atomic E-state index is 12.0. The van der Waals surface area contributed by atoms with E-state index in [1.54, 1.807) is 18.7 Å². The number of ether oxygens (including phenoxy) is 1. The van der Waals surface area contributed by atoms with Gasteiger partial charge < -0.3 is 4.74 Å². The fourth-order valence-corrected chi connectivity index (χ4v) is 2.74. The molecule has 2 aromatic heterocycles. The Labute approximate surface area is 148 Å². The summed E-state index contributed by atoms with van der Waals surface area (Å²) in [4.78, 5) is 25.5. The topological polar surface area (TPSA) is 65.0 Å². The Kier molecular flexibility index (Phi) is 4.97. The third-order valence-corrected chi connectivity index (χ3v) is 4.45. The molecule has 7 heteroatoms. The van der Waals surface area contributed by atoms with E-state index in [0.717, 1.165) is 21.5 Å².